The Morgan fingerprint density at radius 2 is 2.24 bits per heavy atom. The maximum absolute atomic E-state index is 13.7. The third-order valence-electron chi connectivity index (χ3n) is 3.75. The van der Waals surface area contributed by atoms with E-state index in [0.29, 0.717) is 19.4 Å². The zero-order valence-corrected chi connectivity index (χ0v) is 12.8. The molecule has 1 aliphatic heterocycles. The Bertz CT molecular complexity index is 596. The van der Waals surface area contributed by atoms with Gasteiger partial charge in [0.25, 0.3) is 5.69 Å². The van der Waals surface area contributed by atoms with E-state index < -0.39 is 22.6 Å². The predicted octanol–water partition coefficient (Wildman–Crippen LogP) is 3.19. The first-order valence-corrected chi connectivity index (χ1v) is 7.23. The van der Waals surface area contributed by atoms with Gasteiger partial charge in [-0.15, -0.1) is 0 Å². The fourth-order valence-electron chi connectivity index (χ4n) is 2.66. The summed E-state index contributed by atoms with van der Waals surface area (Å²) in [6.45, 7) is 2.14. The van der Waals surface area contributed by atoms with Crippen molar-refractivity contribution >= 4 is 33.3 Å². The molecule has 0 bridgehead atoms. The number of halogens is 2. The summed E-state index contributed by atoms with van der Waals surface area (Å²) >= 11 is 2.94. The lowest BCUT2D eigenvalue weighted by molar-refractivity contribution is -0.384. The Morgan fingerprint density at radius 1 is 1.57 bits per heavy atom. The molecule has 0 radical (unpaired) electrons. The van der Waals surface area contributed by atoms with Crippen LogP contribution in [0, 0.1) is 21.8 Å². The van der Waals surface area contributed by atoms with Crippen LogP contribution in [0.1, 0.15) is 19.8 Å². The zero-order valence-electron chi connectivity index (χ0n) is 11.3. The molecule has 1 aromatic rings. The van der Waals surface area contributed by atoms with Crippen LogP contribution >= 0.6 is 15.9 Å². The summed E-state index contributed by atoms with van der Waals surface area (Å²) in [5.41, 5.74) is 0.000869. The van der Waals surface area contributed by atoms with Crippen LogP contribution in [0.2, 0.25) is 0 Å². The van der Waals surface area contributed by atoms with Gasteiger partial charge >= 0.3 is 5.97 Å². The van der Waals surface area contributed by atoms with Crippen LogP contribution in [0.3, 0.4) is 0 Å². The van der Waals surface area contributed by atoms with Gasteiger partial charge < -0.3 is 10.0 Å². The van der Waals surface area contributed by atoms with E-state index in [1.807, 2.05) is 0 Å². The highest BCUT2D eigenvalue weighted by Crippen LogP contribution is 2.37. The standard InChI is InChI=1S/C13H14BrFN2O4/c1-7-4-8(13(18)19)2-3-16(7)11-6-10(15)9(14)5-12(11)17(20)21/h5-8H,2-4H2,1H3,(H,18,19). The Morgan fingerprint density at radius 3 is 2.76 bits per heavy atom. The zero-order chi connectivity index (χ0) is 15.7. The highest BCUT2D eigenvalue weighted by molar-refractivity contribution is 9.10. The molecule has 1 heterocycles. The van der Waals surface area contributed by atoms with Crippen LogP contribution in [0.4, 0.5) is 15.8 Å². The first kappa shape index (κ1) is 15.7. The van der Waals surface area contributed by atoms with Crippen molar-refractivity contribution in [3.63, 3.8) is 0 Å². The number of nitro benzene ring substituents is 1. The smallest absolute Gasteiger partial charge is 0.306 e. The molecule has 2 unspecified atom stereocenters. The van der Waals surface area contributed by atoms with Crippen molar-refractivity contribution in [3.8, 4) is 0 Å². The van der Waals surface area contributed by atoms with Gasteiger partial charge in [0.15, 0.2) is 0 Å². The SMILES string of the molecule is CC1CC(C(=O)O)CCN1c1cc(F)c(Br)cc1[N+](=O)[O-]. The second-order valence-corrected chi connectivity index (χ2v) is 5.97. The lowest BCUT2D eigenvalue weighted by Gasteiger charge is -2.37. The minimum Gasteiger partial charge on any atom is -0.481 e. The van der Waals surface area contributed by atoms with Gasteiger partial charge in [-0.1, -0.05) is 0 Å². The molecule has 6 nitrogen and oxygen atoms in total. The van der Waals surface area contributed by atoms with E-state index in [1.54, 1.807) is 11.8 Å². The number of carboxylic acids is 1. The van der Waals surface area contributed by atoms with Crippen molar-refractivity contribution in [3.05, 3.63) is 32.5 Å². The number of benzene rings is 1. The Hall–Kier alpha value is -1.70. The summed E-state index contributed by atoms with van der Waals surface area (Å²) in [7, 11) is 0. The largest absolute Gasteiger partial charge is 0.481 e. The molecule has 21 heavy (non-hydrogen) atoms. The van der Waals surface area contributed by atoms with Crippen LogP contribution in [0.15, 0.2) is 16.6 Å². The van der Waals surface area contributed by atoms with E-state index >= 15 is 0 Å². The summed E-state index contributed by atoms with van der Waals surface area (Å²) < 4.78 is 13.8. The molecule has 2 atom stereocenters. The third kappa shape index (κ3) is 3.15. The quantitative estimate of drug-likeness (QED) is 0.660. The molecule has 1 aromatic carbocycles. The molecule has 0 aromatic heterocycles. The van der Waals surface area contributed by atoms with Gasteiger partial charge in [0.05, 0.1) is 15.3 Å². The summed E-state index contributed by atoms with van der Waals surface area (Å²) in [5.74, 6) is -1.91. The van der Waals surface area contributed by atoms with Gasteiger partial charge in [-0.3, -0.25) is 14.9 Å². The van der Waals surface area contributed by atoms with Crippen molar-refractivity contribution in [2.75, 3.05) is 11.4 Å². The number of anilines is 1. The molecule has 0 saturated carbocycles. The maximum Gasteiger partial charge on any atom is 0.306 e. The summed E-state index contributed by atoms with van der Waals surface area (Å²) in [6.07, 6.45) is 0.763. The Kier molecular flexibility index (Phi) is 4.46. The van der Waals surface area contributed by atoms with Gasteiger partial charge in [-0.05, 0) is 35.7 Å². The van der Waals surface area contributed by atoms with Gasteiger partial charge in [-0.25, -0.2) is 4.39 Å². The second kappa shape index (κ2) is 5.97. The lowest BCUT2D eigenvalue weighted by Crippen LogP contribution is -2.43. The predicted molar refractivity (Wildman–Crippen MR) is 77.9 cm³/mol. The highest BCUT2D eigenvalue weighted by atomic mass is 79.9. The number of rotatable bonds is 3. The first-order valence-electron chi connectivity index (χ1n) is 6.44. The number of hydrogen-bond acceptors (Lipinski definition) is 4. The van der Waals surface area contributed by atoms with E-state index in [9.17, 15) is 19.3 Å². The van der Waals surface area contributed by atoms with Crippen LogP contribution in [-0.2, 0) is 4.79 Å². The van der Waals surface area contributed by atoms with E-state index in [4.69, 9.17) is 5.11 Å². The van der Waals surface area contributed by atoms with Crippen LogP contribution in [-0.4, -0.2) is 28.6 Å². The van der Waals surface area contributed by atoms with Crippen molar-refractivity contribution < 1.29 is 19.2 Å². The Labute approximate surface area is 128 Å². The summed E-state index contributed by atoms with van der Waals surface area (Å²) in [4.78, 5) is 23.3. The normalized spacial score (nSPS) is 22.1. The molecular weight excluding hydrogens is 347 g/mol. The number of aliphatic carboxylic acids is 1. The van der Waals surface area contributed by atoms with E-state index in [2.05, 4.69) is 15.9 Å². The minimum atomic E-state index is -0.863. The Balaban J connectivity index is 2.36. The number of carbonyl (C=O) groups is 1. The van der Waals surface area contributed by atoms with Crippen LogP contribution in [0.25, 0.3) is 0 Å². The molecule has 0 amide bonds. The molecular formula is C13H14BrFN2O4. The van der Waals surface area contributed by atoms with Gasteiger partial charge in [-0.2, -0.15) is 0 Å². The van der Waals surface area contributed by atoms with Crippen molar-refractivity contribution in [1.29, 1.82) is 0 Å². The monoisotopic (exact) mass is 360 g/mol. The van der Waals surface area contributed by atoms with Gasteiger partial charge in [0, 0.05) is 24.7 Å². The third-order valence-corrected chi connectivity index (χ3v) is 4.36. The molecule has 1 fully saturated rings. The summed E-state index contributed by atoms with van der Waals surface area (Å²) in [5, 5.41) is 20.2. The molecule has 1 N–H and O–H groups in total. The van der Waals surface area contributed by atoms with E-state index in [0.717, 1.165) is 12.1 Å². The number of hydrogen-bond donors (Lipinski definition) is 1. The molecule has 0 aliphatic carbocycles. The molecule has 2 rings (SSSR count). The van der Waals surface area contributed by atoms with E-state index in [-0.39, 0.29) is 21.9 Å². The molecule has 0 spiro atoms. The average molecular weight is 361 g/mol. The fourth-order valence-corrected chi connectivity index (χ4v) is 2.99. The van der Waals surface area contributed by atoms with Crippen molar-refractivity contribution in [1.82, 2.24) is 0 Å². The van der Waals surface area contributed by atoms with Crippen molar-refractivity contribution in [2.24, 2.45) is 5.92 Å². The van der Waals surface area contributed by atoms with Crippen LogP contribution in [0.5, 0.6) is 0 Å². The van der Waals surface area contributed by atoms with Gasteiger partial charge in [0.2, 0.25) is 0 Å². The number of nitro groups is 1. The van der Waals surface area contributed by atoms with Gasteiger partial charge in [0.1, 0.15) is 11.5 Å². The highest BCUT2D eigenvalue weighted by Gasteiger charge is 2.33. The van der Waals surface area contributed by atoms with E-state index in [1.165, 1.54) is 0 Å². The first-order chi connectivity index (χ1) is 9.81. The molecule has 114 valence electrons. The number of nitrogens with zero attached hydrogens (tertiary/aromatic N) is 2. The topological polar surface area (TPSA) is 83.7 Å². The minimum absolute atomic E-state index is 0.0334. The maximum atomic E-state index is 13.7. The van der Waals surface area contributed by atoms with Crippen LogP contribution < -0.4 is 4.90 Å². The average Bonchev–Trinajstić information content (AvgIpc) is 2.41. The molecule has 1 saturated heterocycles. The fraction of sp³-hybridized carbons (Fsp3) is 0.462. The summed E-state index contributed by atoms with van der Waals surface area (Å²) in [6, 6.07) is 2.06. The molecule has 8 heteroatoms. The number of piperidine rings is 1. The molecule has 1 aliphatic rings. The van der Waals surface area contributed by atoms with Crippen molar-refractivity contribution in [2.45, 2.75) is 25.8 Å². The number of carboxylic acid groups (broad SMARTS) is 1. The second-order valence-electron chi connectivity index (χ2n) is 5.11. The lowest BCUT2D eigenvalue weighted by atomic mass is 9.91.